The number of benzene rings is 2. The molecule has 1 heterocycles. The summed E-state index contributed by atoms with van der Waals surface area (Å²) in [5, 5.41) is 10.6. The number of fused-ring (bicyclic) bond motifs is 1. The molecule has 0 bridgehead atoms. The van der Waals surface area contributed by atoms with Crippen LogP contribution in [0.1, 0.15) is 33.6 Å². The van der Waals surface area contributed by atoms with Crippen LogP contribution < -0.4 is 14.9 Å². The maximum atomic E-state index is 13.0. The summed E-state index contributed by atoms with van der Waals surface area (Å²) in [5.41, 5.74) is 3.58. The first-order chi connectivity index (χ1) is 14.9. The largest absolute Gasteiger partial charge is 0.507 e. The van der Waals surface area contributed by atoms with Crippen molar-refractivity contribution >= 4 is 11.0 Å². The van der Waals surface area contributed by atoms with Crippen LogP contribution in [0.25, 0.3) is 22.1 Å². The second kappa shape index (κ2) is 10.0. The molecule has 0 saturated heterocycles. The van der Waals surface area contributed by atoms with Crippen molar-refractivity contribution in [2.24, 2.45) is 0 Å². The van der Waals surface area contributed by atoms with Gasteiger partial charge in [0.05, 0.1) is 12.7 Å². The van der Waals surface area contributed by atoms with Crippen molar-refractivity contribution in [2.45, 2.75) is 33.6 Å². The molecule has 2 aromatic carbocycles. The lowest BCUT2D eigenvalue weighted by Crippen LogP contribution is -2.05. The zero-order valence-corrected chi connectivity index (χ0v) is 18.4. The van der Waals surface area contributed by atoms with Crippen molar-refractivity contribution < 1.29 is 19.0 Å². The average Bonchev–Trinajstić information content (AvgIpc) is 2.73. The van der Waals surface area contributed by atoms with Gasteiger partial charge in [0.15, 0.2) is 0 Å². The molecule has 0 aliphatic heterocycles. The Labute approximate surface area is 182 Å². The maximum absolute atomic E-state index is 13.0. The molecule has 31 heavy (non-hydrogen) atoms. The molecule has 1 N–H and O–H groups in total. The molecule has 1 aromatic heterocycles. The Morgan fingerprint density at radius 2 is 1.81 bits per heavy atom. The minimum atomic E-state index is -0.300. The highest BCUT2D eigenvalue weighted by molar-refractivity contribution is 5.88. The van der Waals surface area contributed by atoms with Crippen LogP contribution in [-0.4, -0.2) is 18.8 Å². The third-order valence-corrected chi connectivity index (χ3v) is 5.00. The number of rotatable bonds is 8. The van der Waals surface area contributed by atoms with Gasteiger partial charge in [-0.1, -0.05) is 29.4 Å². The number of methoxy groups -OCH3 is 1. The van der Waals surface area contributed by atoms with Gasteiger partial charge in [0.25, 0.3) is 0 Å². The van der Waals surface area contributed by atoms with E-state index < -0.39 is 0 Å². The molecular weight excluding hydrogens is 392 g/mol. The van der Waals surface area contributed by atoms with Crippen molar-refractivity contribution in [3.8, 4) is 28.4 Å². The number of ether oxygens (including phenoxy) is 2. The molecular formula is C26H28O5. The van der Waals surface area contributed by atoms with Crippen LogP contribution in [-0.2, 0) is 0 Å². The number of aromatic hydroxyl groups is 1. The van der Waals surface area contributed by atoms with Crippen LogP contribution in [0.3, 0.4) is 0 Å². The molecule has 3 aromatic rings. The van der Waals surface area contributed by atoms with Gasteiger partial charge in [-0.3, -0.25) is 4.79 Å². The van der Waals surface area contributed by atoms with E-state index in [1.807, 2.05) is 6.08 Å². The summed E-state index contributed by atoms with van der Waals surface area (Å²) in [6, 6.07) is 10.2. The minimum Gasteiger partial charge on any atom is -0.507 e. The van der Waals surface area contributed by atoms with Crippen molar-refractivity contribution in [1.82, 2.24) is 0 Å². The predicted molar refractivity (Wildman–Crippen MR) is 124 cm³/mol. The van der Waals surface area contributed by atoms with Crippen molar-refractivity contribution in [1.29, 1.82) is 0 Å². The SMILES string of the molecule is COc1ccc(-c2coc3cc(OCC=C(C)CCC=C(C)C)cc(O)c3c2=O)cc1. The van der Waals surface area contributed by atoms with Crippen LogP contribution in [0, 0.1) is 0 Å². The van der Waals surface area contributed by atoms with Gasteiger partial charge in [0.1, 0.15) is 41.1 Å². The second-order valence-corrected chi connectivity index (χ2v) is 7.70. The lowest BCUT2D eigenvalue weighted by atomic mass is 10.0. The van der Waals surface area contributed by atoms with E-state index in [9.17, 15) is 9.90 Å². The van der Waals surface area contributed by atoms with E-state index in [1.54, 1.807) is 37.4 Å². The fourth-order valence-corrected chi connectivity index (χ4v) is 3.23. The topological polar surface area (TPSA) is 68.9 Å². The predicted octanol–water partition coefficient (Wildman–Crippen LogP) is 6.25. The zero-order chi connectivity index (χ0) is 22.4. The molecule has 5 heteroatoms. The number of phenolic OH excluding ortho intramolecular Hbond substituents is 1. The number of hydrogen-bond acceptors (Lipinski definition) is 5. The van der Waals surface area contributed by atoms with E-state index in [0.717, 1.165) is 12.8 Å². The quantitative estimate of drug-likeness (QED) is 0.437. The lowest BCUT2D eigenvalue weighted by Gasteiger charge is -2.09. The number of phenols is 1. The highest BCUT2D eigenvalue weighted by Gasteiger charge is 2.14. The molecule has 5 nitrogen and oxygen atoms in total. The zero-order valence-electron chi connectivity index (χ0n) is 18.4. The standard InChI is InChI=1S/C26H28O5/c1-17(2)6-5-7-18(3)12-13-30-21-14-23(27)25-24(15-21)31-16-22(26(25)28)19-8-10-20(29-4)11-9-19/h6,8-12,14-16,27H,5,7,13H2,1-4H3. The Bertz CT molecular complexity index is 1160. The Morgan fingerprint density at radius 3 is 2.48 bits per heavy atom. The molecule has 162 valence electrons. The van der Waals surface area contributed by atoms with E-state index in [2.05, 4.69) is 26.8 Å². The molecule has 0 aliphatic carbocycles. The Balaban J connectivity index is 1.79. The fraction of sp³-hybridized carbons (Fsp3) is 0.269. The van der Waals surface area contributed by atoms with Crippen molar-refractivity contribution in [2.75, 3.05) is 13.7 Å². The molecule has 0 unspecified atom stereocenters. The van der Waals surface area contributed by atoms with Crippen molar-refractivity contribution in [3.05, 3.63) is 76.2 Å². The number of allylic oxidation sites excluding steroid dienone is 3. The summed E-state index contributed by atoms with van der Waals surface area (Å²) in [6.45, 7) is 6.62. The van der Waals surface area contributed by atoms with Gasteiger partial charge in [-0.15, -0.1) is 0 Å². The van der Waals surface area contributed by atoms with Gasteiger partial charge < -0.3 is 19.0 Å². The highest BCUT2D eigenvalue weighted by Crippen LogP contribution is 2.30. The first kappa shape index (κ1) is 22.2. The highest BCUT2D eigenvalue weighted by atomic mass is 16.5. The molecule has 0 spiro atoms. The van der Waals surface area contributed by atoms with Gasteiger partial charge in [-0.05, 0) is 57.4 Å². The third-order valence-electron chi connectivity index (χ3n) is 5.00. The van der Waals surface area contributed by atoms with E-state index in [1.165, 1.54) is 23.5 Å². The average molecular weight is 421 g/mol. The monoisotopic (exact) mass is 420 g/mol. The minimum absolute atomic E-state index is 0.133. The molecule has 0 saturated carbocycles. The first-order valence-electron chi connectivity index (χ1n) is 10.2. The summed E-state index contributed by atoms with van der Waals surface area (Å²) < 4.78 is 16.6. The third kappa shape index (κ3) is 5.57. The van der Waals surface area contributed by atoms with Crippen LogP contribution >= 0.6 is 0 Å². The smallest absolute Gasteiger partial charge is 0.204 e. The lowest BCUT2D eigenvalue weighted by molar-refractivity contribution is 0.358. The molecule has 0 fully saturated rings. The van der Waals surface area contributed by atoms with Gasteiger partial charge in [0, 0.05) is 12.1 Å². The summed E-state index contributed by atoms with van der Waals surface area (Å²) in [5.74, 6) is 0.972. The normalized spacial score (nSPS) is 11.4. The molecule has 3 rings (SSSR count). The fourth-order valence-electron chi connectivity index (χ4n) is 3.23. The van der Waals surface area contributed by atoms with Gasteiger partial charge in [-0.25, -0.2) is 0 Å². The van der Waals surface area contributed by atoms with E-state index in [0.29, 0.717) is 29.2 Å². The second-order valence-electron chi connectivity index (χ2n) is 7.70. The van der Waals surface area contributed by atoms with E-state index in [4.69, 9.17) is 13.9 Å². The van der Waals surface area contributed by atoms with Crippen LogP contribution in [0.2, 0.25) is 0 Å². The van der Waals surface area contributed by atoms with Gasteiger partial charge in [-0.2, -0.15) is 0 Å². The van der Waals surface area contributed by atoms with Crippen LogP contribution in [0.15, 0.2) is 75.2 Å². The summed E-state index contributed by atoms with van der Waals surface area (Å²) >= 11 is 0. The molecule has 0 atom stereocenters. The first-order valence-corrected chi connectivity index (χ1v) is 10.2. The molecule has 0 aliphatic rings. The maximum Gasteiger partial charge on any atom is 0.204 e. The molecule has 0 amide bonds. The van der Waals surface area contributed by atoms with E-state index in [-0.39, 0.29) is 22.1 Å². The van der Waals surface area contributed by atoms with Gasteiger partial charge >= 0.3 is 0 Å². The number of hydrogen-bond donors (Lipinski definition) is 1. The van der Waals surface area contributed by atoms with Crippen LogP contribution in [0.5, 0.6) is 17.2 Å². The van der Waals surface area contributed by atoms with Crippen molar-refractivity contribution in [3.63, 3.8) is 0 Å². The summed E-state index contributed by atoms with van der Waals surface area (Å²) in [7, 11) is 1.58. The Kier molecular flexibility index (Phi) is 7.19. The molecule has 0 radical (unpaired) electrons. The van der Waals surface area contributed by atoms with E-state index >= 15 is 0 Å². The van der Waals surface area contributed by atoms with Crippen LogP contribution in [0.4, 0.5) is 0 Å². The summed E-state index contributed by atoms with van der Waals surface area (Å²) in [6.07, 6.45) is 7.61. The van der Waals surface area contributed by atoms with Gasteiger partial charge in [0.2, 0.25) is 5.43 Å². The summed E-state index contributed by atoms with van der Waals surface area (Å²) in [4.78, 5) is 13.0. The Hall–Kier alpha value is -3.47. The Morgan fingerprint density at radius 1 is 1.06 bits per heavy atom.